The van der Waals surface area contributed by atoms with Gasteiger partial charge in [-0.25, -0.2) is 13.1 Å². The van der Waals surface area contributed by atoms with Crippen molar-refractivity contribution >= 4 is 38.9 Å². The van der Waals surface area contributed by atoms with Gasteiger partial charge in [0.1, 0.15) is 4.21 Å². The Morgan fingerprint density at radius 1 is 1.23 bits per heavy atom. The lowest BCUT2D eigenvalue weighted by Gasteiger charge is -2.13. The highest BCUT2D eigenvalue weighted by molar-refractivity contribution is 7.91. The first-order chi connectivity index (χ1) is 14.9. The lowest BCUT2D eigenvalue weighted by molar-refractivity contribution is 0.0950. The minimum atomic E-state index is -3.44. The number of aromatic nitrogens is 2. The van der Waals surface area contributed by atoms with Gasteiger partial charge in [0.05, 0.1) is 29.7 Å². The van der Waals surface area contributed by atoms with Gasteiger partial charge in [0.15, 0.2) is 0 Å². The predicted molar refractivity (Wildman–Crippen MR) is 121 cm³/mol. The van der Waals surface area contributed by atoms with E-state index >= 15 is 0 Å². The molecule has 1 aromatic carbocycles. The second-order valence-electron chi connectivity index (χ2n) is 7.26. The van der Waals surface area contributed by atoms with Gasteiger partial charge in [-0.1, -0.05) is 24.6 Å². The summed E-state index contributed by atoms with van der Waals surface area (Å²) < 4.78 is 28.9. The van der Waals surface area contributed by atoms with Crippen LogP contribution in [-0.4, -0.2) is 41.5 Å². The van der Waals surface area contributed by atoms with Crippen molar-refractivity contribution in [1.82, 2.24) is 19.4 Å². The van der Waals surface area contributed by atoms with Crippen molar-refractivity contribution in [2.24, 2.45) is 0 Å². The van der Waals surface area contributed by atoms with Crippen molar-refractivity contribution in [3.05, 3.63) is 63.8 Å². The topological polar surface area (TPSA) is 84.3 Å². The van der Waals surface area contributed by atoms with E-state index in [1.54, 1.807) is 35.1 Å². The summed E-state index contributed by atoms with van der Waals surface area (Å²) in [6.45, 7) is 3.36. The highest BCUT2D eigenvalue weighted by Gasteiger charge is 2.28. The van der Waals surface area contributed by atoms with E-state index in [0.29, 0.717) is 34.3 Å². The molecule has 0 spiro atoms. The quantitative estimate of drug-likeness (QED) is 0.558. The molecule has 1 amide bonds. The van der Waals surface area contributed by atoms with Crippen LogP contribution >= 0.6 is 22.9 Å². The fraction of sp³-hybridized carbons (Fsp3) is 0.333. The summed E-state index contributed by atoms with van der Waals surface area (Å²) in [7, 11) is -3.44. The summed E-state index contributed by atoms with van der Waals surface area (Å²) in [6, 6.07) is 10.7. The predicted octanol–water partition coefficient (Wildman–Crippen LogP) is 3.86. The average molecular weight is 479 g/mol. The van der Waals surface area contributed by atoms with E-state index in [1.807, 2.05) is 19.1 Å². The molecule has 0 aliphatic carbocycles. The third kappa shape index (κ3) is 4.55. The van der Waals surface area contributed by atoms with Crippen LogP contribution in [0.1, 0.15) is 40.7 Å². The maximum atomic E-state index is 12.8. The summed E-state index contributed by atoms with van der Waals surface area (Å²) >= 11 is 7.29. The second kappa shape index (κ2) is 9.12. The number of amides is 1. The fourth-order valence-corrected chi connectivity index (χ4v) is 6.80. The molecule has 7 nitrogen and oxygen atoms in total. The van der Waals surface area contributed by atoms with Crippen molar-refractivity contribution in [2.75, 3.05) is 13.1 Å². The summed E-state index contributed by atoms with van der Waals surface area (Å²) in [5, 5.41) is 7.85. The molecule has 1 fully saturated rings. The first-order valence-electron chi connectivity index (χ1n) is 10.1. The van der Waals surface area contributed by atoms with E-state index < -0.39 is 10.0 Å². The van der Waals surface area contributed by atoms with Crippen molar-refractivity contribution in [2.45, 2.75) is 36.9 Å². The Balaban J connectivity index is 1.47. The number of carbonyl (C=O) groups excluding carboxylic acids is 1. The van der Waals surface area contributed by atoms with Crippen molar-refractivity contribution in [3.8, 4) is 5.69 Å². The molecule has 1 N–H and O–H groups in total. The van der Waals surface area contributed by atoms with Crippen molar-refractivity contribution in [1.29, 1.82) is 0 Å². The van der Waals surface area contributed by atoms with Crippen LogP contribution in [-0.2, 0) is 23.0 Å². The second-order valence-corrected chi connectivity index (χ2v) is 11.0. The number of thiophene rings is 1. The van der Waals surface area contributed by atoms with Crippen molar-refractivity contribution in [3.63, 3.8) is 0 Å². The van der Waals surface area contributed by atoms with Gasteiger partial charge in [-0.2, -0.15) is 9.40 Å². The van der Waals surface area contributed by atoms with Crippen LogP contribution < -0.4 is 5.32 Å². The molecular formula is C21H23ClN4O3S2. The highest BCUT2D eigenvalue weighted by atomic mass is 35.5. The average Bonchev–Trinajstić information content (AvgIpc) is 3.52. The number of hydrogen-bond acceptors (Lipinski definition) is 5. The summed E-state index contributed by atoms with van der Waals surface area (Å²) in [6.07, 6.45) is 3.96. The van der Waals surface area contributed by atoms with Crippen LogP contribution in [0.15, 0.2) is 46.8 Å². The molecule has 31 heavy (non-hydrogen) atoms. The van der Waals surface area contributed by atoms with Gasteiger partial charge in [-0.05, 0) is 49.6 Å². The van der Waals surface area contributed by atoms with Gasteiger partial charge >= 0.3 is 0 Å². The van der Waals surface area contributed by atoms with E-state index in [2.05, 4.69) is 10.4 Å². The van der Waals surface area contributed by atoms with Gasteiger partial charge in [-0.3, -0.25) is 4.79 Å². The van der Waals surface area contributed by atoms with Crippen LogP contribution in [0.25, 0.3) is 5.69 Å². The molecule has 3 aromatic rings. The number of nitrogens with one attached hydrogen (secondary N) is 1. The Bertz CT molecular complexity index is 1200. The zero-order chi connectivity index (χ0) is 22.0. The normalized spacial score (nSPS) is 14.8. The minimum Gasteiger partial charge on any atom is -0.347 e. The van der Waals surface area contributed by atoms with E-state index in [-0.39, 0.29) is 12.5 Å². The van der Waals surface area contributed by atoms with E-state index in [0.717, 1.165) is 29.1 Å². The Morgan fingerprint density at radius 3 is 2.71 bits per heavy atom. The number of hydrogen-bond donors (Lipinski definition) is 1. The van der Waals surface area contributed by atoms with Crippen molar-refractivity contribution < 1.29 is 13.2 Å². The number of rotatable bonds is 7. The molecule has 164 valence electrons. The first-order valence-corrected chi connectivity index (χ1v) is 12.7. The van der Waals surface area contributed by atoms with Gasteiger partial charge in [0.2, 0.25) is 0 Å². The Kier molecular flexibility index (Phi) is 6.47. The van der Waals surface area contributed by atoms with Crippen LogP contribution in [0.2, 0.25) is 5.02 Å². The van der Waals surface area contributed by atoms with Crippen LogP contribution in [0.4, 0.5) is 0 Å². The maximum Gasteiger partial charge on any atom is 0.255 e. The van der Waals surface area contributed by atoms with Gasteiger partial charge in [-0.15, -0.1) is 11.3 Å². The zero-order valence-corrected chi connectivity index (χ0v) is 19.4. The Morgan fingerprint density at radius 2 is 2.00 bits per heavy atom. The molecule has 2 aromatic heterocycles. The number of benzene rings is 1. The number of nitrogens with zero attached hydrogens (tertiary/aromatic N) is 3. The summed E-state index contributed by atoms with van der Waals surface area (Å²) in [4.78, 5) is 13.6. The van der Waals surface area contributed by atoms with Crippen LogP contribution in [0.3, 0.4) is 0 Å². The van der Waals surface area contributed by atoms with Crippen LogP contribution in [0, 0.1) is 0 Å². The molecule has 0 bridgehead atoms. The fourth-order valence-electron chi connectivity index (χ4n) is 3.64. The molecular weight excluding hydrogens is 456 g/mol. The van der Waals surface area contributed by atoms with E-state index in [4.69, 9.17) is 11.6 Å². The lowest BCUT2D eigenvalue weighted by atomic mass is 10.2. The molecule has 4 rings (SSSR count). The minimum absolute atomic E-state index is 0.248. The SMILES string of the molecule is CCc1c(C(=O)NCc2ccc(S(=O)(=O)N3CCCC3)s2)cnn1-c1cccc(Cl)c1. The van der Waals surface area contributed by atoms with Crippen LogP contribution in [0.5, 0.6) is 0 Å². The molecule has 3 heterocycles. The third-order valence-electron chi connectivity index (χ3n) is 5.22. The standard InChI is InChI=1S/C21H23ClN4O3S2/c1-2-19-18(14-24-26(19)16-7-5-6-15(22)12-16)21(27)23-13-17-8-9-20(30-17)31(28,29)25-10-3-4-11-25/h5-9,12,14H,2-4,10-11,13H2,1H3,(H,23,27). The molecule has 0 radical (unpaired) electrons. The highest BCUT2D eigenvalue weighted by Crippen LogP contribution is 2.27. The van der Waals surface area contributed by atoms with Gasteiger partial charge < -0.3 is 5.32 Å². The maximum absolute atomic E-state index is 12.8. The summed E-state index contributed by atoms with van der Waals surface area (Å²) in [5.74, 6) is -0.248. The Labute approximate surface area is 190 Å². The first kappa shape index (κ1) is 22.0. The molecule has 0 saturated carbocycles. The van der Waals surface area contributed by atoms with E-state index in [9.17, 15) is 13.2 Å². The largest absolute Gasteiger partial charge is 0.347 e. The number of halogens is 1. The lowest BCUT2D eigenvalue weighted by Crippen LogP contribution is -2.27. The Hall–Kier alpha value is -2.20. The number of carbonyl (C=O) groups is 1. The molecule has 1 aliphatic heterocycles. The zero-order valence-electron chi connectivity index (χ0n) is 17.0. The monoisotopic (exact) mass is 478 g/mol. The molecule has 1 saturated heterocycles. The number of sulfonamides is 1. The molecule has 0 unspecified atom stereocenters. The molecule has 1 aliphatic rings. The van der Waals surface area contributed by atoms with Gasteiger partial charge in [0, 0.05) is 23.0 Å². The summed E-state index contributed by atoms with van der Waals surface area (Å²) in [5.41, 5.74) is 2.06. The molecule has 10 heteroatoms. The molecule has 0 atom stereocenters. The van der Waals surface area contributed by atoms with Gasteiger partial charge in [0.25, 0.3) is 15.9 Å². The van der Waals surface area contributed by atoms with E-state index in [1.165, 1.54) is 15.6 Å². The third-order valence-corrected chi connectivity index (χ3v) is 8.91. The smallest absolute Gasteiger partial charge is 0.255 e.